The normalized spacial score (nSPS) is 18.9. The van der Waals surface area contributed by atoms with Crippen molar-refractivity contribution in [2.24, 2.45) is 7.05 Å². The first-order chi connectivity index (χ1) is 6.29. The molecule has 0 amide bonds. The van der Waals surface area contributed by atoms with E-state index < -0.39 is 0 Å². The third kappa shape index (κ3) is 2.10. The minimum Gasteiger partial charge on any atom is -0.307 e. The van der Waals surface area contributed by atoms with Crippen LogP contribution in [0.2, 0.25) is 0 Å². The standard InChI is InChI=1S/C10H17N3/c1-3-10(12-9-4-5-9)8-6-11-13(2)7-8/h6-7,9-10,12H,3-5H2,1-2H3. The first-order valence-electron chi connectivity index (χ1n) is 5.04. The molecule has 1 aliphatic carbocycles. The third-order valence-corrected chi connectivity index (χ3v) is 2.55. The quantitative estimate of drug-likeness (QED) is 0.761. The van der Waals surface area contributed by atoms with E-state index in [-0.39, 0.29) is 0 Å². The number of aryl methyl sites for hydroxylation is 1. The van der Waals surface area contributed by atoms with Crippen molar-refractivity contribution < 1.29 is 0 Å². The fourth-order valence-corrected chi connectivity index (χ4v) is 1.60. The molecule has 0 aromatic carbocycles. The third-order valence-electron chi connectivity index (χ3n) is 2.55. The minimum atomic E-state index is 0.501. The maximum atomic E-state index is 4.19. The summed E-state index contributed by atoms with van der Waals surface area (Å²) in [4.78, 5) is 0. The van der Waals surface area contributed by atoms with Gasteiger partial charge in [0.1, 0.15) is 0 Å². The van der Waals surface area contributed by atoms with Crippen LogP contribution in [0.1, 0.15) is 37.8 Å². The van der Waals surface area contributed by atoms with E-state index >= 15 is 0 Å². The Morgan fingerprint density at radius 2 is 2.46 bits per heavy atom. The number of nitrogens with one attached hydrogen (secondary N) is 1. The summed E-state index contributed by atoms with van der Waals surface area (Å²) in [5, 5.41) is 7.81. The van der Waals surface area contributed by atoms with E-state index in [2.05, 4.69) is 23.5 Å². The molecule has 1 aromatic rings. The van der Waals surface area contributed by atoms with Crippen molar-refractivity contribution >= 4 is 0 Å². The predicted octanol–water partition coefficient (Wildman–Crippen LogP) is 1.62. The Morgan fingerprint density at radius 1 is 1.69 bits per heavy atom. The van der Waals surface area contributed by atoms with Crippen molar-refractivity contribution in [1.82, 2.24) is 15.1 Å². The molecule has 1 aliphatic rings. The van der Waals surface area contributed by atoms with Crippen molar-refractivity contribution in [3.63, 3.8) is 0 Å². The monoisotopic (exact) mass is 179 g/mol. The van der Waals surface area contributed by atoms with Gasteiger partial charge in [0.2, 0.25) is 0 Å². The molecule has 0 saturated heterocycles. The van der Waals surface area contributed by atoms with Gasteiger partial charge in [-0.15, -0.1) is 0 Å². The topological polar surface area (TPSA) is 29.9 Å². The summed E-state index contributed by atoms with van der Waals surface area (Å²) < 4.78 is 1.87. The lowest BCUT2D eigenvalue weighted by molar-refractivity contribution is 0.516. The van der Waals surface area contributed by atoms with Crippen molar-refractivity contribution in [2.45, 2.75) is 38.3 Å². The van der Waals surface area contributed by atoms with E-state index in [0.29, 0.717) is 6.04 Å². The lowest BCUT2D eigenvalue weighted by Crippen LogP contribution is -2.22. The molecule has 1 N–H and O–H groups in total. The maximum Gasteiger partial charge on any atom is 0.0537 e. The molecule has 1 aromatic heterocycles. The minimum absolute atomic E-state index is 0.501. The highest BCUT2D eigenvalue weighted by atomic mass is 15.2. The molecule has 1 heterocycles. The van der Waals surface area contributed by atoms with Crippen LogP contribution in [0.4, 0.5) is 0 Å². The molecule has 13 heavy (non-hydrogen) atoms. The molecule has 0 spiro atoms. The zero-order valence-corrected chi connectivity index (χ0v) is 8.33. The van der Waals surface area contributed by atoms with Gasteiger partial charge in [0, 0.05) is 30.9 Å². The molecule has 1 saturated carbocycles. The van der Waals surface area contributed by atoms with Crippen molar-refractivity contribution in [2.75, 3.05) is 0 Å². The molecule has 2 rings (SSSR count). The van der Waals surface area contributed by atoms with Crippen LogP contribution in [-0.4, -0.2) is 15.8 Å². The molecule has 1 unspecified atom stereocenters. The van der Waals surface area contributed by atoms with Crippen LogP contribution in [0.3, 0.4) is 0 Å². The second kappa shape index (κ2) is 3.50. The largest absolute Gasteiger partial charge is 0.307 e. The molecular formula is C10H17N3. The highest BCUT2D eigenvalue weighted by molar-refractivity contribution is 5.11. The van der Waals surface area contributed by atoms with Crippen molar-refractivity contribution in [3.05, 3.63) is 18.0 Å². The van der Waals surface area contributed by atoms with Crippen LogP contribution >= 0.6 is 0 Å². The van der Waals surface area contributed by atoms with Gasteiger partial charge in [0.15, 0.2) is 0 Å². The predicted molar refractivity (Wildman–Crippen MR) is 52.4 cm³/mol. The van der Waals surface area contributed by atoms with Crippen LogP contribution in [0, 0.1) is 0 Å². The van der Waals surface area contributed by atoms with Crippen LogP contribution in [0.5, 0.6) is 0 Å². The van der Waals surface area contributed by atoms with Gasteiger partial charge in [-0.2, -0.15) is 5.10 Å². The molecule has 0 radical (unpaired) electrons. The van der Waals surface area contributed by atoms with E-state index in [1.165, 1.54) is 18.4 Å². The van der Waals surface area contributed by atoms with E-state index in [1.807, 2.05) is 17.9 Å². The molecule has 0 bridgehead atoms. The molecular weight excluding hydrogens is 162 g/mol. The average molecular weight is 179 g/mol. The maximum absolute atomic E-state index is 4.19. The molecule has 3 heteroatoms. The fourth-order valence-electron chi connectivity index (χ4n) is 1.60. The number of rotatable bonds is 4. The zero-order valence-electron chi connectivity index (χ0n) is 8.33. The Bertz CT molecular complexity index is 275. The zero-order chi connectivity index (χ0) is 9.26. The van der Waals surface area contributed by atoms with Crippen LogP contribution < -0.4 is 5.32 Å². The lowest BCUT2D eigenvalue weighted by atomic mass is 10.1. The highest BCUT2D eigenvalue weighted by Gasteiger charge is 2.24. The Labute approximate surface area is 79.1 Å². The van der Waals surface area contributed by atoms with E-state index in [0.717, 1.165) is 12.5 Å². The second-order valence-corrected chi connectivity index (χ2v) is 3.85. The van der Waals surface area contributed by atoms with Gasteiger partial charge in [-0.25, -0.2) is 0 Å². The van der Waals surface area contributed by atoms with Crippen LogP contribution in [-0.2, 0) is 7.05 Å². The van der Waals surface area contributed by atoms with Crippen LogP contribution in [0.25, 0.3) is 0 Å². The number of hydrogen-bond donors (Lipinski definition) is 1. The molecule has 0 aliphatic heterocycles. The van der Waals surface area contributed by atoms with Gasteiger partial charge in [0.25, 0.3) is 0 Å². The van der Waals surface area contributed by atoms with Gasteiger partial charge < -0.3 is 5.32 Å². The first-order valence-corrected chi connectivity index (χ1v) is 5.04. The SMILES string of the molecule is CCC(NC1CC1)c1cnn(C)c1. The fraction of sp³-hybridized carbons (Fsp3) is 0.700. The summed E-state index contributed by atoms with van der Waals surface area (Å²) in [7, 11) is 1.97. The Hall–Kier alpha value is -0.830. The smallest absolute Gasteiger partial charge is 0.0537 e. The molecule has 3 nitrogen and oxygen atoms in total. The number of nitrogens with zero attached hydrogens (tertiary/aromatic N) is 2. The average Bonchev–Trinajstić information content (AvgIpc) is 2.84. The van der Waals surface area contributed by atoms with Gasteiger partial charge in [0.05, 0.1) is 6.20 Å². The number of aromatic nitrogens is 2. The van der Waals surface area contributed by atoms with E-state index in [9.17, 15) is 0 Å². The van der Waals surface area contributed by atoms with Gasteiger partial charge in [-0.3, -0.25) is 4.68 Å². The summed E-state index contributed by atoms with van der Waals surface area (Å²) in [5.74, 6) is 0. The number of hydrogen-bond acceptors (Lipinski definition) is 2. The second-order valence-electron chi connectivity index (χ2n) is 3.85. The van der Waals surface area contributed by atoms with Crippen molar-refractivity contribution in [1.29, 1.82) is 0 Å². The Balaban J connectivity index is 2.01. The van der Waals surface area contributed by atoms with Crippen LogP contribution in [0.15, 0.2) is 12.4 Å². The van der Waals surface area contributed by atoms with E-state index in [1.54, 1.807) is 0 Å². The van der Waals surface area contributed by atoms with Gasteiger partial charge in [-0.05, 0) is 19.3 Å². The summed E-state index contributed by atoms with van der Waals surface area (Å²) in [6, 6.07) is 1.27. The van der Waals surface area contributed by atoms with E-state index in [4.69, 9.17) is 0 Å². The Morgan fingerprint density at radius 3 is 2.92 bits per heavy atom. The molecule has 1 fully saturated rings. The summed E-state index contributed by atoms with van der Waals surface area (Å²) in [5.41, 5.74) is 1.32. The first kappa shape index (κ1) is 8.75. The summed E-state index contributed by atoms with van der Waals surface area (Å²) in [6.07, 6.45) is 7.89. The summed E-state index contributed by atoms with van der Waals surface area (Å²) in [6.45, 7) is 2.22. The van der Waals surface area contributed by atoms with Gasteiger partial charge >= 0.3 is 0 Å². The molecule has 1 atom stereocenters. The van der Waals surface area contributed by atoms with Crippen molar-refractivity contribution in [3.8, 4) is 0 Å². The lowest BCUT2D eigenvalue weighted by Gasteiger charge is -2.14. The molecule has 72 valence electrons. The summed E-state index contributed by atoms with van der Waals surface area (Å²) >= 11 is 0. The highest BCUT2D eigenvalue weighted by Crippen LogP contribution is 2.25. The Kier molecular flexibility index (Phi) is 2.36. The van der Waals surface area contributed by atoms with Gasteiger partial charge in [-0.1, -0.05) is 6.92 Å².